The van der Waals surface area contributed by atoms with E-state index in [1.807, 2.05) is 6.07 Å². The molecule has 1 saturated carbocycles. The van der Waals surface area contributed by atoms with Crippen LogP contribution in [0, 0.1) is 5.41 Å². The average Bonchev–Trinajstić information content (AvgIpc) is 2.50. The molecule has 1 aromatic rings. The number of hydrogen-bond acceptors (Lipinski definition) is 3. The van der Waals surface area contributed by atoms with Gasteiger partial charge >= 0.3 is 0 Å². The fraction of sp³-hybridized carbons (Fsp3) is 0.636. The van der Waals surface area contributed by atoms with E-state index < -0.39 is 0 Å². The minimum Gasteiger partial charge on any atom is -0.366 e. The highest BCUT2D eigenvalue weighted by Gasteiger charge is 2.30. The van der Waals surface area contributed by atoms with Crippen molar-refractivity contribution in [3.05, 3.63) is 17.3 Å². The summed E-state index contributed by atoms with van der Waals surface area (Å²) in [4.78, 5) is 0. The lowest BCUT2D eigenvalue weighted by Crippen LogP contribution is -2.18. The molecule has 1 heterocycles. The molecule has 1 aliphatic carbocycles. The molecule has 0 saturated heterocycles. The van der Waals surface area contributed by atoms with Crippen LogP contribution >= 0.6 is 11.6 Å². The molecule has 0 aliphatic heterocycles. The van der Waals surface area contributed by atoms with E-state index in [9.17, 15) is 0 Å². The number of aromatic nitrogens is 2. The van der Waals surface area contributed by atoms with Crippen molar-refractivity contribution in [2.24, 2.45) is 5.41 Å². The van der Waals surface area contributed by atoms with Crippen LogP contribution in [0.25, 0.3) is 0 Å². The van der Waals surface area contributed by atoms with E-state index in [2.05, 4.69) is 29.4 Å². The molecule has 15 heavy (non-hydrogen) atoms. The first-order valence-electron chi connectivity index (χ1n) is 5.31. The van der Waals surface area contributed by atoms with Gasteiger partial charge in [-0.25, -0.2) is 0 Å². The summed E-state index contributed by atoms with van der Waals surface area (Å²) in [5.74, 6) is 0.821. The monoisotopic (exact) mass is 225 g/mol. The van der Waals surface area contributed by atoms with E-state index in [0.717, 1.165) is 5.82 Å². The van der Waals surface area contributed by atoms with Crippen molar-refractivity contribution >= 4 is 17.4 Å². The zero-order chi connectivity index (χ0) is 10.9. The van der Waals surface area contributed by atoms with Crippen LogP contribution in [-0.4, -0.2) is 16.2 Å². The summed E-state index contributed by atoms with van der Waals surface area (Å²) in [6.07, 6.45) is 3.67. The van der Waals surface area contributed by atoms with Crippen molar-refractivity contribution in [1.82, 2.24) is 10.2 Å². The normalized spacial score (nSPS) is 24.1. The molecule has 3 nitrogen and oxygen atoms in total. The number of anilines is 1. The van der Waals surface area contributed by atoms with Gasteiger partial charge in [-0.1, -0.05) is 25.4 Å². The van der Waals surface area contributed by atoms with Crippen molar-refractivity contribution in [3.63, 3.8) is 0 Å². The van der Waals surface area contributed by atoms with Crippen LogP contribution in [0.2, 0.25) is 5.15 Å². The summed E-state index contributed by atoms with van der Waals surface area (Å²) < 4.78 is 0. The molecular formula is C11H16ClN3. The lowest BCUT2D eigenvalue weighted by molar-refractivity contribution is 0.378. The van der Waals surface area contributed by atoms with Crippen LogP contribution < -0.4 is 5.32 Å². The highest BCUT2D eigenvalue weighted by atomic mass is 35.5. The molecule has 0 spiro atoms. The second-order valence-corrected chi connectivity index (χ2v) is 5.38. The van der Waals surface area contributed by atoms with Gasteiger partial charge in [-0.05, 0) is 36.8 Å². The van der Waals surface area contributed by atoms with E-state index in [1.165, 1.54) is 19.3 Å². The highest BCUT2D eigenvalue weighted by molar-refractivity contribution is 6.29. The second-order valence-electron chi connectivity index (χ2n) is 4.99. The van der Waals surface area contributed by atoms with Gasteiger partial charge in [0, 0.05) is 6.04 Å². The Bertz CT molecular complexity index is 334. The third kappa shape index (κ3) is 2.81. The predicted octanol–water partition coefficient (Wildman–Crippen LogP) is 3.12. The molecule has 0 aromatic carbocycles. The summed E-state index contributed by atoms with van der Waals surface area (Å²) in [5.41, 5.74) is 0.456. The summed E-state index contributed by atoms with van der Waals surface area (Å²) in [6, 6.07) is 4.16. The van der Waals surface area contributed by atoms with Crippen LogP contribution in [0.15, 0.2) is 12.1 Å². The number of nitrogens with zero attached hydrogens (tertiary/aromatic N) is 2. The summed E-state index contributed by atoms with van der Waals surface area (Å²) in [7, 11) is 0. The lowest BCUT2D eigenvalue weighted by Gasteiger charge is -2.17. The third-order valence-electron chi connectivity index (χ3n) is 2.95. The van der Waals surface area contributed by atoms with Gasteiger partial charge in [-0.15, -0.1) is 10.2 Å². The number of hydrogen-bond donors (Lipinski definition) is 1. The Kier molecular flexibility index (Phi) is 2.83. The Balaban J connectivity index is 1.96. The van der Waals surface area contributed by atoms with Crippen LogP contribution in [0.4, 0.5) is 5.82 Å². The maximum Gasteiger partial charge on any atom is 0.151 e. The van der Waals surface area contributed by atoms with Crippen molar-refractivity contribution in [2.45, 2.75) is 39.2 Å². The number of halogens is 1. The van der Waals surface area contributed by atoms with Gasteiger partial charge in [0.2, 0.25) is 0 Å². The second kappa shape index (κ2) is 3.97. The SMILES string of the molecule is CC1(C)CCC(Nc2ccc(Cl)nn2)C1. The van der Waals surface area contributed by atoms with Gasteiger partial charge in [0.25, 0.3) is 0 Å². The van der Waals surface area contributed by atoms with Gasteiger partial charge in [-0.2, -0.15) is 0 Å². The van der Waals surface area contributed by atoms with E-state index >= 15 is 0 Å². The average molecular weight is 226 g/mol. The van der Waals surface area contributed by atoms with E-state index in [4.69, 9.17) is 11.6 Å². The van der Waals surface area contributed by atoms with Gasteiger partial charge in [0.05, 0.1) is 0 Å². The molecule has 1 aliphatic rings. The minimum atomic E-state index is 0.437. The fourth-order valence-corrected chi connectivity index (χ4v) is 2.26. The van der Waals surface area contributed by atoms with Crippen LogP contribution in [-0.2, 0) is 0 Å². The Hall–Kier alpha value is -0.830. The third-order valence-corrected chi connectivity index (χ3v) is 3.15. The highest BCUT2D eigenvalue weighted by Crippen LogP contribution is 2.37. The summed E-state index contributed by atoms with van der Waals surface area (Å²) in [5, 5.41) is 11.6. The molecule has 1 unspecified atom stereocenters. The van der Waals surface area contributed by atoms with Crippen molar-refractivity contribution < 1.29 is 0 Å². The van der Waals surface area contributed by atoms with Gasteiger partial charge < -0.3 is 5.32 Å². The maximum absolute atomic E-state index is 5.67. The largest absolute Gasteiger partial charge is 0.366 e. The predicted molar refractivity (Wildman–Crippen MR) is 62.1 cm³/mol. The first-order chi connectivity index (χ1) is 7.05. The number of nitrogens with one attached hydrogen (secondary N) is 1. The Morgan fingerprint density at radius 2 is 2.20 bits per heavy atom. The molecule has 0 amide bonds. The van der Waals surface area contributed by atoms with Crippen molar-refractivity contribution in [3.8, 4) is 0 Å². The standard InChI is InChI=1S/C11H16ClN3/c1-11(2)6-5-8(7-11)13-10-4-3-9(12)14-15-10/h3-4,8H,5-7H2,1-2H3,(H,13,15). The smallest absolute Gasteiger partial charge is 0.151 e. The lowest BCUT2D eigenvalue weighted by atomic mass is 9.92. The number of rotatable bonds is 2. The summed E-state index contributed by atoms with van der Waals surface area (Å²) in [6.45, 7) is 4.62. The topological polar surface area (TPSA) is 37.8 Å². The molecule has 1 fully saturated rings. The molecule has 82 valence electrons. The molecule has 0 bridgehead atoms. The molecule has 4 heteroatoms. The summed E-state index contributed by atoms with van der Waals surface area (Å²) >= 11 is 5.67. The van der Waals surface area contributed by atoms with Crippen molar-refractivity contribution in [2.75, 3.05) is 5.32 Å². The minimum absolute atomic E-state index is 0.437. The van der Waals surface area contributed by atoms with E-state index in [-0.39, 0.29) is 0 Å². The zero-order valence-corrected chi connectivity index (χ0v) is 9.88. The quantitative estimate of drug-likeness (QED) is 0.841. The maximum atomic E-state index is 5.67. The molecule has 2 rings (SSSR count). The van der Waals surface area contributed by atoms with Gasteiger partial charge in [0.15, 0.2) is 5.15 Å². The van der Waals surface area contributed by atoms with E-state index in [0.29, 0.717) is 16.6 Å². The molecule has 1 atom stereocenters. The Morgan fingerprint density at radius 1 is 1.40 bits per heavy atom. The first-order valence-corrected chi connectivity index (χ1v) is 5.69. The Morgan fingerprint density at radius 3 is 2.73 bits per heavy atom. The van der Waals surface area contributed by atoms with Crippen LogP contribution in [0.5, 0.6) is 0 Å². The zero-order valence-electron chi connectivity index (χ0n) is 9.13. The van der Waals surface area contributed by atoms with Crippen LogP contribution in [0.3, 0.4) is 0 Å². The Labute approximate surface area is 95.2 Å². The fourth-order valence-electron chi connectivity index (χ4n) is 2.16. The van der Waals surface area contributed by atoms with Crippen molar-refractivity contribution in [1.29, 1.82) is 0 Å². The first kappa shape index (κ1) is 10.7. The van der Waals surface area contributed by atoms with Gasteiger partial charge in [0.1, 0.15) is 5.82 Å². The van der Waals surface area contributed by atoms with Crippen LogP contribution in [0.1, 0.15) is 33.1 Å². The molecule has 0 radical (unpaired) electrons. The van der Waals surface area contributed by atoms with E-state index in [1.54, 1.807) is 6.07 Å². The molecule has 1 N–H and O–H groups in total. The molecule has 1 aromatic heterocycles. The molecular weight excluding hydrogens is 210 g/mol. The van der Waals surface area contributed by atoms with Gasteiger partial charge in [-0.3, -0.25) is 0 Å².